The van der Waals surface area contributed by atoms with E-state index in [1.807, 2.05) is 0 Å². The SMILES string of the molecule is CCC1(CC)c2cc(/C=C/c3ccc(-c4cc5ccccc5c5ccccc45)cc3)ccc2-c2ccc(N(c3ccccc3)c3ccccc3)cc21. The second-order valence-electron chi connectivity index (χ2n) is 14.0. The lowest BCUT2D eigenvalue weighted by atomic mass is 9.73. The van der Waals surface area contributed by atoms with Crippen LogP contribution < -0.4 is 4.90 Å². The number of hydrogen-bond donors (Lipinski definition) is 0. The molecule has 8 aromatic carbocycles. The first kappa shape index (κ1) is 31.8. The Morgan fingerprint density at radius 3 is 1.63 bits per heavy atom. The molecule has 250 valence electrons. The van der Waals surface area contributed by atoms with E-state index in [4.69, 9.17) is 0 Å². The van der Waals surface area contributed by atoms with Gasteiger partial charge in [0.05, 0.1) is 0 Å². The van der Waals surface area contributed by atoms with Crippen molar-refractivity contribution in [3.63, 3.8) is 0 Å². The summed E-state index contributed by atoms with van der Waals surface area (Å²) >= 11 is 0. The molecule has 0 saturated heterocycles. The molecule has 0 N–H and O–H groups in total. The van der Waals surface area contributed by atoms with Crippen LogP contribution in [-0.2, 0) is 5.41 Å². The van der Waals surface area contributed by atoms with E-state index < -0.39 is 0 Å². The molecule has 0 amide bonds. The summed E-state index contributed by atoms with van der Waals surface area (Å²) in [5, 5.41) is 5.17. The number of para-hydroxylation sites is 2. The van der Waals surface area contributed by atoms with Crippen molar-refractivity contribution in [2.75, 3.05) is 4.90 Å². The summed E-state index contributed by atoms with van der Waals surface area (Å²) < 4.78 is 0. The predicted molar refractivity (Wildman–Crippen MR) is 224 cm³/mol. The molecule has 0 spiro atoms. The van der Waals surface area contributed by atoms with Crippen LogP contribution in [0.15, 0.2) is 176 Å². The highest BCUT2D eigenvalue weighted by Gasteiger charge is 2.41. The van der Waals surface area contributed by atoms with Crippen molar-refractivity contribution < 1.29 is 0 Å². The topological polar surface area (TPSA) is 3.24 Å². The van der Waals surface area contributed by atoms with E-state index in [-0.39, 0.29) is 5.41 Å². The van der Waals surface area contributed by atoms with Gasteiger partial charge in [0.1, 0.15) is 0 Å². The van der Waals surface area contributed by atoms with Crippen molar-refractivity contribution in [1.82, 2.24) is 0 Å². The van der Waals surface area contributed by atoms with Gasteiger partial charge in [-0.3, -0.25) is 0 Å². The number of anilines is 3. The number of hydrogen-bond acceptors (Lipinski definition) is 1. The van der Waals surface area contributed by atoms with Crippen LogP contribution in [0.5, 0.6) is 0 Å². The van der Waals surface area contributed by atoms with Crippen LogP contribution in [0, 0.1) is 0 Å². The molecule has 0 bridgehead atoms. The van der Waals surface area contributed by atoms with Gasteiger partial charge in [0, 0.05) is 22.5 Å². The van der Waals surface area contributed by atoms with Crippen molar-refractivity contribution in [3.05, 3.63) is 198 Å². The van der Waals surface area contributed by atoms with Crippen LogP contribution in [0.4, 0.5) is 17.1 Å². The molecular formula is C51H41N. The number of fused-ring (bicyclic) bond motifs is 6. The Kier molecular flexibility index (Phi) is 8.05. The molecule has 1 heteroatoms. The molecule has 0 aromatic heterocycles. The summed E-state index contributed by atoms with van der Waals surface area (Å²) in [6, 6.07) is 64.4. The number of nitrogens with zero attached hydrogens (tertiary/aromatic N) is 1. The molecular weight excluding hydrogens is 627 g/mol. The zero-order valence-corrected chi connectivity index (χ0v) is 29.8. The van der Waals surface area contributed by atoms with Crippen molar-refractivity contribution >= 4 is 50.8 Å². The van der Waals surface area contributed by atoms with Gasteiger partial charge in [0.2, 0.25) is 0 Å². The number of benzene rings is 8. The third-order valence-corrected chi connectivity index (χ3v) is 11.3. The molecule has 0 heterocycles. The maximum absolute atomic E-state index is 2.46. The molecule has 0 atom stereocenters. The fourth-order valence-corrected chi connectivity index (χ4v) is 8.62. The predicted octanol–water partition coefficient (Wildman–Crippen LogP) is 14.4. The Balaban J connectivity index is 1.04. The van der Waals surface area contributed by atoms with Crippen LogP contribution in [0.25, 0.3) is 56.0 Å². The van der Waals surface area contributed by atoms with Gasteiger partial charge in [-0.1, -0.05) is 159 Å². The first-order valence-electron chi connectivity index (χ1n) is 18.6. The third-order valence-electron chi connectivity index (χ3n) is 11.3. The summed E-state index contributed by atoms with van der Waals surface area (Å²) in [6.45, 7) is 4.70. The van der Waals surface area contributed by atoms with Crippen molar-refractivity contribution in [2.24, 2.45) is 0 Å². The Hall–Kier alpha value is -6.18. The van der Waals surface area contributed by atoms with Crippen LogP contribution >= 0.6 is 0 Å². The summed E-state index contributed by atoms with van der Waals surface area (Å²) in [7, 11) is 0. The Morgan fingerprint density at radius 2 is 0.962 bits per heavy atom. The Labute approximate surface area is 307 Å². The fourth-order valence-electron chi connectivity index (χ4n) is 8.62. The maximum atomic E-state index is 2.46. The summed E-state index contributed by atoms with van der Waals surface area (Å²) in [4.78, 5) is 2.38. The van der Waals surface area contributed by atoms with Gasteiger partial charge in [-0.05, 0) is 121 Å². The Bertz CT molecular complexity index is 2540. The molecule has 1 aliphatic carbocycles. The molecule has 8 aromatic rings. The second kappa shape index (κ2) is 13.2. The largest absolute Gasteiger partial charge is 0.310 e. The highest BCUT2D eigenvalue weighted by atomic mass is 15.1. The van der Waals surface area contributed by atoms with E-state index in [1.165, 1.54) is 71.7 Å². The van der Waals surface area contributed by atoms with E-state index >= 15 is 0 Å². The van der Waals surface area contributed by atoms with E-state index in [0.29, 0.717) is 0 Å². The molecule has 1 aliphatic rings. The van der Waals surface area contributed by atoms with Crippen molar-refractivity contribution in [2.45, 2.75) is 32.1 Å². The van der Waals surface area contributed by atoms with Gasteiger partial charge >= 0.3 is 0 Å². The second-order valence-corrected chi connectivity index (χ2v) is 14.0. The van der Waals surface area contributed by atoms with Gasteiger partial charge in [0.25, 0.3) is 0 Å². The lowest BCUT2D eigenvalue weighted by molar-refractivity contribution is 0.490. The van der Waals surface area contributed by atoms with Gasteiger partial charge in [-0.25, -0.2) is 0 Å². The molecule has 1 nitrogen and oxygen atoms in total. The molecule has 0 fully saturated rings. The van der Waals surface area contributed by atoms with Crippen LogP contribution in [0.3, 0.4) is 0 Å². The average molecular weight is 668 g/mol. The van der Waals surface area contributed by atoms with Gasteiger partial charge in [-0.2, -0.15) is 0 Å². The van der Waals surface area contributed by atoms with Crippen molar-refractivity contribution in [3.8, 4) is 22.3 Å². The smallest absolute Gasteiger partial charge is 0.0465 e. The first-order valence-corrected chi connectivity index (χ1v) is 18.6. The standard InChI is InChI=1S/C51H41N/c1-3-51(4-2)49-33-37(24-23-36-25-28-38(29-26-36)48-34-39-15-11-12-20-43(39)44-21-13-14-22-45(44)48)27-31-46(49)47-32-30-42(35-50(47)51)52(40-16-7-5-8-17-40)41-18-9-6-10-19-41/h5-35H,3-4H2,1-2H3/b24-23+. The molecule has 0 aliphatic heterocycles. The molecule has 0 saturated carbocycles. The van der Waals surface area contributed by atoms with Crippen LogP contribution in [-0.4, -0.2) is 0 Å². The zero-order chi connectivity index (χ0) is 35.1. The van der Waals surface area contributed by atoms with Crippen LogP contribution in [0.1, 0.15) is 48.9 Å². The van der Waals surface area contributed by atoms with E-state index in [2.05, 4.69) is 207 Å². The third kappa shape index (κ3) is 5.33. The average Bonchev–Trinajstić information content (AvgIpc) is 3.49. The van der Waals surface area contributed by atoms with E-state index in [0.717, 1.165) is 24.2 Å². The maximum Gasteiger partial charge on any atom is 0.0465 e. The normalized spacial score (nSPS) is 13.0. The van der Waals surface area contributed by atoms with E-state index in [9.17, 15) is 0 Å². The quantitative estimate of drug-likeness (QED) is 0.115. The fraction of sp³-hybridized carbons (Fsp3) is 0.0980. The van der Waals surface area contributed by atoms with Crippen molar-refractivity contribution in [1.29, 1.82) is 0 Å². The lowest BCUT2D eigenvalue weighted by Gasteiger charge is -2.32. The molecule has 0 radical (unpaired) electrons. The highest BCUT2D eigenvalue weighted by molar-refractivity contribution is 6.13. The molecule has 9 rings (SSSR count). The minimum atomic E-state index is -0.0478. The zero-order valence-electron chi connectivity index (χ0n) is 29.8. The highest BCUT2D eigenvalue weighted by Crippen LogP contribution is 2.54. The van der Waals surface area contributed by atoms with E-state index in [1.54, 1.807) is 0 Å². The lowest BCUT2D eigenvalue weighted by Crippen LogP contribution is -2.23. The van der Waals surface area contributed by atoms with Gasteiger partial charge < -0.3 is 4.90 Å². The minimum absolute atomic E-state index is 0.0478. The molecule has 0 unspecified atom stereocenters. The minimum Gasteiger partial charge on any atom is -0.310 e. The van der Waals surface area contributed by atoms with Gasteiger partial charge in [0.15, 0.2) is 0 Å². The summed E-state index contributed by atoms with van der Waals surface area (Å²) in [6.07, 6.45) is 6.61. The summed E-state index contributed by atoms with van der Waals surface area (Å²) in [5.41, 5.74) is 14.0. The number of rotatable bonds is 8. The Morgan fingerprint density at radius 1 is 0.423 bits per heavy atom. The monoisotopic (exact) mass is 667 g/mol. The van der Waals surface area contributed by atoms with Crippen LogP contribution in [0.2, 0.25) is 0 Å². The summed E-state index contributed by atoms with van der Waals surface area (Å²) in [5.74, 6) is 0. The molecule has 52 heavy (non-hydrogen) atoms. The first-order chi connectivity index (χ1) is 25.7. The van der Waals surface area contributed by atoms with Gasteiger partial charge in [-0.15, -0.1) is 0 Å².